The lowest BCUT2D eigenvalue weighted by Crippen LogP contribution is -2.37. The number of benzene rings is 2. The molecule has 1 aromatic heterocycles. The van der Waals surface area contributed by atoms with Gasteiger partial charge in [-0.05, 0) is 24.3 Å². The molecule has 0 spiro atoms. The van der Waals surface area contributed by atoms with Crippen LogP contribution in [-0.4, -0.2) is 58.4 Å². The van der Waals surface area contributed by atoms with E-state index in [4.69, 9.17) is 15.2 Å². The fourth-order valence-corrected chi connectivity index (χ4v) is 3.19. The molecule has 0 unspecified atom stereocenters. The summed E-state index contributed by atoms with van der Waals surface area (Å²) in [5.41, 5.74) is 3.85. The summed E-state index contributed by atoms with van der Waals surface area (Å²) in [6, 6.07) is 5.54. The number of anilines is 1. The molecule has 0 aliphatic rings. The van der Waals surface area contributed by atoms with Crippen molar-refractivity contribution in [2.75, 3.05) is 5.32 Å². The maximum Gasteiger partial charge on any atom is 0.573 e. The molecule has 2 aromatic carbocycles. The minimum atomic E-state index is -5.26. The van der Waals surface area contributed by atoms with Gasteiger partial charge >= 0.3 is 12.7 Å². The standard InChI is InChI=1S/C22H17B3F7N3O6/c23-20(24,25)41-15-7-10(39-21(27,28)29)1-2-14(15)38-16-8-11(40-22(30,31)32)6-12(26)17(16)19(37)35-9-3-4-34-13(5-9)18(33)36/h1-8H,23-25H2,(H2,33,36)(H,34,35,37). The van der Waals surface area contributed by atoms with Gasteiger partial charge in [0.05, 0.1) is 0 Å². The molecule has 0 saturated carbocycles. The predicted molar refractivity (Wildman–Crippen MR) is 136 cm³/mol. The summed E-state index contributed by atoms with van der Waals surface area (Å²) in [6.45, 7) is 0. The molecule has 0 aliphatic heterocycles. The van der Waals surface area contributed by atoms with Crippen LogP contribution in [0.25, 0.3) is 0 Å². The lowest BCUT2D eigenvalue weighted by molar-refractivity contribution is -0.275. The number of rotatable bonds is 9. The van der Waals surface area contributed by atoms with Crippen molar-refractivity contribution < 1.29 is 59.3 Å². The van der Waals surface area contributed by atoms with Gasteiger partial charge in [0.25, 0.3) is 11.8 Å². The molecule has 3 rings (SSSR count). The first-order chi connectivity index (χ1) is 18.8. The third-order valence-corrected chi connectivity index (χ3v) is 4.54. The molecule has 0 fully saturated rings. The second kappa shape index (κ2) is 11.5. The molecule has 9 nitrogen and oxygen atoms in total. The van der Waals surface area contributed by atoms with E-state index in [1.165, 1.54) is 29.6 Å². The van der Waals surface area contributed by atoms with Crippen LogP contribution >= 0.6 is 0 Å². The molecule has 2 amide bonds. The van der Waals surface area contributed by atoms with Crippen molar-refractivity contribution in [3.8, 4) is 28.7 Å². The van der Waals surface area contributed by atoms with Gasteiger partial charge in [-0.25, -0.2) is 4.39 Å². The number of amides is 2. The topological polar surface area (TPSA) is 122 Å². The minimum Gasteiger partial charge on any atom is -0.510 e. The number of carbonyl (C=O) groups excluding carboxylic acids is 2. The Balaban J connectivity index is 2.11. The Kier molecular flexibility index (Phi) is 8.69. The molecule has 0 bridgehead atoms. The van der Waals surface area contributed by atoms with Crippen molar-refractivity contribution in [2.45, 2.75) is 18.0 Å². The smallest absolute Gasteiger partial charge is 0.510 e. The van der Waals surface area contributed by atoms with Gasteiger partial charge in [-0.3, -0.25) is 14.6 Å². The third-order valence-electron chi connectivity index (χ3n) is 4.54. The fourth-order valence-electron chi connectivity index (χ4n) is 3.19. The van der Waals surface area contributed by atoms with Crippen LogP contribution in [0, 0.1) is 5.82 Å². The summed E-state index contributed by atoms with van der Waals surface area (Å²) in [4.78, 5) is 28.1. The van der Waals surface area contributed by atoms with Crippen LogP contribution in [0.15, 0.2) is 48.7 Å². The molecule has 0 aliphatic carbocycles. The summed E-state index contributed by atoms with van der Waals surface area (Å²) < 4.78 is 111. The maximum atomic E-state index is 15.1. The molecule has 19 heteroatoms. The molecule has 0 saturated heterocycles. The number of nitrogens with two attached hydrogens (primary N) is 1. The molecule has 1 heterocycles. The number of nitrogens with one attached hydrogen (secondary N) is 1. The molecule has 214 valence electrons. The van der Waals surface area contributed by atoms with Crippen molar-refractivity contribution in [3.05, 3.63) is 65.7 Å². The van der Waals surface area contributed by atoms with Gasteiger partial charge in [-0.15, -0.1) is 26.3 Å². The van der Waals surface area contributed by atoms with E-state index < -0.39 is 70.0 Å². The van der Waals surface area contributed by atoms with E-state index in [0.29, 0.717) is 6.07 Å². The number of ether oxygens (including phenoxy) is 4. The van der Waals surface area contributed by atoms with Crippen LogP contribution in [0.4, 0.5) is 36.4 Å². The van der Waals surface area contributed by atoms with Crippen molar-refractivity contribution >= 4 is 41.0 Å². The summed E-state index contributed by atoms with van der Waals surface area (Å²) in [6.07, 6.45) is -9.22. The van der Waals surface area contributed by atoms with Crippen LogP contribution in [0.5, 0.6) is 28.7 Å². The monoisotopic (exact) mass is 585 g/mol. The Labute approximate surface area is 229 Å². The number of halogens is 7. The van der Waals surface area contributed by atoms with E-state index in [0.717, 1.165) is 30.5 Å². The van der Waals surface area contributed by atoms with E-state index >= 15 is 4.39 Å². The van der Waals surface area contributed by atoms with Crippen molar-refractivity contribution in [3.63, 3.8) is 0 Å². The Bertz CT molecular complexity index is 1470. The molecule has 0 radical (unpaired) electrons. The van der Waals surface area contributed by atoms with Gasteiger partial charge < -0.3 is 30.0 Å². The number of alkyl halides is 6. The number of aromatic nitrogens is 1. The summed E-state index contributed by atoms with van der Waals surface area (Å²) in [7, 11) is 4.58. The SMILES string of the molecule is BC(B)(B)Oc1cc(OC(F)(F)F)ccc1Oc1cc(OC(F)(F)F)cc(F)c1C(=O)Nc1ccnc(C(N)=O)c1. The van der Waals surface area contributed by atoms with Gasteiger partial charge in [-0.1, -0.05) is 0 Å². The normalized spacial score (nSPS) is 11.9. The number of hydrogen-bond donors (Lipinski definition) is 2. The van der Waals surface area contributed by atoms with Crippen LogP contribution in [-0.2, 0) is 0 Å². The van der Waals surface area contributed by atoms with Crippen molar-refractivity contribution in [1.29, 1.82) is 0 Å². The van der Waals surface area contributed by atoms with Gasteiger partial charge in [0.2, 0.25) is 0 Å². The van der Waals surface area contributed by atoms with Crippen LogP contribution < -0.4 is 30.0 Å². The number of carbonyl (C=O) groups is 2. The molecular formula is C22H17B3F7N3O6. The Morgan fingerprint density at radius 1 is 0.805 bits per heavy atom. The highest BCUT2D eigenvalue weighted by Crippen LogP contribution is 2.41. The van der Waals surface area contributed by atoms with E-state index in [1.807, 2.05) is 0 Å². The number of primary amides is 1. The van der Waals surface area contributed by atoms with Gasteiger partial charge in [0.1, 0.15) is 57.9 Å². The number of nitrogens with zero attached hydrogens (tertiary/aromatic N) is 1. The van der Waals surface area contributed by atoms with Gasteiger partial charge in [0.15, 0.2) is 11.5 Å². The largest absolute Gasteiger partial charge is 0.573 e. The Morgan fingerprint density at radius 3 is 2.00 bits per heavy atom. The molecule has 41 heavy (non-hydrogen) atoms. The first-order valence-corrected chi connectivity index (χ1v) is 11.2. The highest BCUT2D eigenvalue weighted by atomic mass is 19.4. The highest BCUT2D eigenvalue weighted by Gasteiger charge is 2.34. The summed E-state index contributed by atoms with van der Waals surface area (Å²) >= 11 is 0. The lowest BCUT2D eigenvalue weighted by Gasteiger charge is -2.25. The van der Waals surface area contributed by atoms with Gasteiger partial charge in [-0.2, -0.15) is 0 Å². The second-order valence-corrected chi connectivity index (χ2v) is 9.05. The number of pyridine rings is 1. The van der Waals surface area contributed by atoms with Gasteiger partial charge in [0, 0.05) is 35.4 Å². The van der Waals surface area contributed by atoms with E-state index in [-0.39, 0.29) is 17.4 Å². The van der Waals surface area contributed by atoms with Crippen molar-refractivity contribution in [1.82, 2.24) is 4.98 Å². The van der Waals surface area contributed by atoms with Crippen LogP contribution in [0.1, 0.15) is 20.8 Å². The molecule has 0 atom stereocenters. The molecule has 3 aromatic rings. The highest BCUT2D eigenvalue weighted by molar-refractivity contribution is 6.58. The summed E-state index contributed by atoms with van der Waals surface area (Å²) in [5, 5.41) is 1.19. The first kappa shape index (κ1) is 31.0. The molecular weight excluding hydrogens is 568 g/mol. The number of hydrogen-bond acceptors (Lipinski definition) is 7. The quantitative estimate of drug-likeness (QED) is 0.292. The van der Waals surface area contributed by atoms with E-state index in [2.05, 4.69) is 19.8 Å². The average Bonchev–Trinajstić information content (AvgIpc) is 2.77. The molecule has 3 N–H and O–H groups in total. The van der Waals surface area contributed by atoms with Crippen molar-refractivity contribution in [2.24, 2.45) is 5.73 Å². The third kappa shape index (κ3) is 9.25. The maximum absolute atomic E-state index is 15.1. The summed E-state index contributed by atoms with van der Waals surface area (Å²) in [5.74, 6) is -7.24. The zero-order valence-electron chi connectivity index (χ0n) is 21.2. The fraction of sp³-hybridized carbons (Fsp3) is 0.136. The van der Waals surface area contributed by atoms with E-state index in [9.17, 15) is 35.9 Å². The lowest BCUT2D eigenvalue weighted by atomic mass is 9.52. The van der Waals surface area contributed by atoms with Crippen LogP contribution in [0.3, 0.4) is 0 Å². The second-order valence-electron chi connectivity index (χ2n) is 9.05. The predicted octanol–water partition coefficient (Wildman–Crippen LogP) is 2.05. The Hall–Kier alpha value is -4.57. The first-order valence-electron chi connectivity index (χ1n) is 11.2. The Morgan fingerprint density at radius 2 is 1.41 bits per heavy atom. The van der Waals surface area contributed by atoms with Crippen LogP contribution in [0.2, 0.25) is 0 Å². The van der Waals surface area contributed by atoms with E-state index in [1.54, 1.807) is 0 Å². The minimum absolute atomic E-state index is 0.0924. The zero-order chi connectivity index (χ0) is 30.8. The average molecular weight is 585 g/mol. The zero-order valence-corrected chi connectivity index (χ0v) is 21.2.